The second-order valence-corrected chi connectivity index (χ2v) is 9.19. The Bertz CT molecular complexity index is 1120. The molecule has 1 nitrogen and oxygen atoms in total. The van der Waals surface area contributed by atoms with Crippen LogP contribution in [0.15, 0.2) is 24.3 Å². The van der Waals surface area contributed by atoms with Crippen LogP contribution in [0.2, 0.25) is 5.02 Å². The molecule has 0 heterocycles. The summed E-state index contributed by atoms with van der Waals surface area (Å²) in [4.78, 5) is 0. The van der Waals surface area contributed by atoms with Gasteiger partial charge < -0.3 is 5.11 Å². The summed E-state index contributed by atoms with van der Waals surface area (Å²) in [6, 6.07) is 2.56. The summed E-state index contributed by atoms with van der Waals surface area (Å²) < 4.78 is 282. The van der Waals surface area contributed by atoms with Gasteiger partial charge >= 0.3 is 59.5 Å². The van der Waals surface area contributed by atoms with Crippen LogP contribution in [0.4, 0.5) is 92.2 Å². The van der Waals surface area contributed by atoms with E-state index in [1.165, 1.54) is 0 Å². The van der Waals surface area contributed by atoms with Crippen LogP contribution in [0.1, 0.15) is 18.9 Å². The maximum absolute atomic E-state index is 14.2. The molecule has 1 aromatic rings. The first-order chi connectivity index (χ1) is 18.0. The molecule has 23 heteroatoms. The molecule has 1 aromatic carbocycles. The van der Waals surface area contributed by atoms with Gasteiger partial charge in [-0.2, -0.15) is 92.2 Å². The highest BCUT2D eigenvalue weighted by atomic mass is 35.5. The van der Waals surface area contributed by atoms with Crippen molar-refractivity contribution in [2.24, 2.45) is 0 Å². The molecule has 0 radical (unpaired) electrons. The minimum absolute atomic E-state index is 0.0999. The van der Waals surface area contributed by atoms with E-state index in [0.29, 0.717) is 12.1 Å². The summed E-state index contributed by atoms with van der Waals surface area (Å²) in [6.45, 7) is 0.0999. The topological polar surface area (TPSA) is 20.2 Å². The third kappa shape index (κ3) is 5.10. The molecule has 0 aliphatic rings. The largest absolute Gasteiger partial charge is 0.460 e. The fourth-order valence-electron chi connectivity index (χ4n) is 3.05. The maximum atomic E-state index is 14.2. The van der Waals surface area contributed by atoms with Crippen molar-refractivity contribution in [1.82, 2.24) is 0 Å². The van der Waals surface area contributed by atoms with Crippen LogP contribution in [0, 0.1) is 0 Å². The summed E-state index contributed by atoms with van der Waals surface area (Å²) in [5.74, 6) is -77.8. The Kier molecular flexibility index (Phi) is 9.06. The second-order valence-electron chi connectivity index (χ2n) is 8.75. The fraction of sp³-hybridized carbons (Fsp3) is 0.684. The van der Waals surface area contributed by atoms with E-state index in [2.05, 4.69) is 0 Å². The molecular formula is C19H10ClF21O. The molecule has 0 aliphatic heterocycles. The third-order valence-corrected chi connectivity index (χ3v) is 5.86. The normalized spacial score (nSPS) is 17.3. The number of hydrogen-bond donors (Lipinski definition) is 1. The minimum Gasteiger partial charge on any atom is -0.385 e. The monoisotopic (exact) mass is 688 g/mol. The van der Waals surface area contributed by atoms with Crippen molar-refractivity contribution in [3.8, 4) is 0 Å². The van der Waals surface area contributed by atoms with E-state index in [1.54, 1.807) is 0 Å². The van der Waals surface area contributed by atoms with Crippen LogP contribution in [0.25, 0.3) is 0 Å². The highest BCUT2D eigenvalue weighted by molar-refractivity contribution is 6.30. The van der Waals surface area contributed by atoms with E-state index < -0.39 is 77.1 Å². The number of halogens is 22. The van der Waals surface area contributed by atoms with Crippen molar-refractivity contribution in [3.63, 3.8) is 0 Å². The van der Waals surface area contributed by atoms with Gasteiger partial charge in [0, 0.05) is 5.02 Å². The molecule has 0 aliphatic carbocycles. The van der Waals surface area contributed by atoms with Gasteiger partial charge in [0.05, 0.1) is 12.0 Å². The molecule has 0 bridgehead atoms. The standard InChI is InChI=1S/C19H10ClF21O/c1-9(42,7-2-4-8(20)5-3-7)6-10(21,22)11(23,24)12(25,26)13(27,28)14(29,30)15(31,32)16(33,34)17(35,36)18(37,38)19(39,40)41/h2-5,42H,6H2,1H3. The van der Waals surface area contributed by atoms with Crippen LogP contribution >= 0.6 is 11.6 Å². The summed E-state index contributed by atoms with van der Waals surface area (Å²) in [6.07, 6.45) is -11.2. The van der Waals surface area contributed by atoms with Gasteiger partial charge in [-0.15, -0.1) is 0 Å². The Morgan fingerprint density at radius 2 is 0.738 bits per heavy atom. The van der Waals surface area contributed by atoms with Crippen molar-refractivity contribution >= 4 is 11.6 Å². The lowest BCUT2D eigenvalue weighted by Gasteiger charge is -2.45. The van der Waals surface area contributed by atoms with Gasteiger partial charge in [0.25, 0.3) is 0 Å². The average molecular weight is 689 g/mol. The zero-order chi connectivity index (χ0) is 34.2. The zero-order valence-electron chi connectivity index (χ0n) is 19.3. The summed E-state index contributed by atoms with van der Waals surface area (Å²) in [7, 11) is 0. The zero-order valence-corrected chi connectivity index (χ0v) is 20.0. The second kappa shape index (κ2) is 10.0. The number of hydrogen-bond acceptors (Lipinski definition) is 1. The maximum Gasteiger partial charge on any atom is 0.460 e. The molecule has 0 amide bonds. The lowest BCUT2D eigenvalue weighted by molar-refractivity contribution is -0.474. The molecular weight excluding hydrogens is 679 g/mol. The molecule has 0 saturated carbocycles. The van der Waals surface area contributed by atoms with Crippen LogP contribution in [0.3, 0.4) is 0 Å². The Hall–Kier alpha value is -2.00. The van der Waals surface area contributed by atoms with E-state index >= 15 is 0 Å². The van der Waals surface area contributed by atoms with Crippen molar-refractivity contribution in [3.05, 3.63) is 34.9 Å². The molecule has 1 N–H and O–H groups in total. The fourth-order valence-corrected chi connectivity index (χ4v) is 3.17. The quantitative estimate of drug-likeness (QED) is 0.230. The van der Waals surface area contributed by atoms with Crippen LogP contribution in [0.5, 0.6) is 0 Å². The van der Waals surface area contributed by atoms with E-state index in [1.807, 2.05) is 0 Å². The van der Waals surface area contributed by atoms with Crippen LogP contribution in [-0.2, 0) is 5.60 Å². The summed E-state index contributed by atoms with van der Waals surface area (Å²) in [5.41, 5.74) is -4.46. The molecule has 0 spiro atoms. The Morgan fingerprint density at radius 3 is 1.02 bits per heavy atom. The first-order valence-corrected chi connectivity index (χ1v) is 10.3. The molecule has 0 fully saturated rings. The lowest BCUT2D eigenvalue weighted by Crippen LogP contribution is -2.77. The van der Waals surface area contributed by atoms with E-state index in [0.717, 1.165) is 12.1 Å². The Labute approximate surface area is 223 Å². The number of benzene rings is 1. The highest BCUT2D eigenvalue weighted by Crippen LogP contribution is 2.66. The first-order valence-electron chi connectivity index (χ1n) is 9.91. The molecule has 0 aromatic heterocycles. The van der Waals surface area contributed by atoms with Gasteiger partial charge in [0.2, 0.25) is 0 Å². The van der Waals surface area contributed by atoms with Gasteiger partial charge in [-0.3, -0.25) is 0 Å². The van der Waals surface area contributed by atoms with Crippen molar-refractivity contribution in [2.75, 3.05) is 0 Å². The van der Waals surface area contributed by atoms with Crippen molar-refractivity contribution in [2.45, 2.75) is 78.4 Å². The highest BCUT2D eigenvalue weighted by Gasteiger charge is 2.97. The van der Waals surface area contributed by atoms with Crippen LogP contribution in [-0.4, -0.2) is 64.6 Å². The average Bonchev–Trinajstić information content (AvgIpc) is 2.76. The number of aliphatic hydroxyl groups is 1. The summed E-state index contributed by atoms with van der Waals surface area (Å²) in [5, 5.41) is 9.73. The first kappa shape index (κ1) is 38.0. The predicted octanol–water partition coefficient (Wildman–Crippen LogP) is 9.22. The number of rotatable bonds is 11. The lowest BCUT2D eigenvalue weighted by atomic mass is 9.82. The van der Waals surface area contributed by atoms with Crippen LogP contribution < -0.4 is 0 Å². The summed E-state index contributed by atoms with van der Waals surface area (Å²) >= 11 is 5.40. The van der Waals surface area contributed by atoms with Gasteiger partial charge in [0.15, 0.2) is 0 Å². The van der Waals surface area contributed by atoms with Gasteiger partial charge in [-0.1, -0.05) is 23.7 Å². The van der Waals surface area contributed by atoms with E-state index in [4.69, 9.17) is 11.6 Å². The minimum atomic E-state index is -9.23. The molecule has 42 heavy (non-hydrogen) atoms. The van der Waals surface area contributed by atoms with Crippen molar-refractivity contribution < 1.29 is 97.3 Å². The predicted molar refractivity (Wildman–Crippen MR) is 96.2 cm³/mol. The Morgan fingerprint density at radius 1 is 0.476 bits per heavy atom. The molecule has 0 saturated heterocycles. The molecule has 1 rings (SSSR count). The van der Waals surface area contributed by atoms with E-state index in [9.17, 15) is 97.3 Å². The molecule has 1 unspecified atom stereocenters. The smallest absolute Gasteiger partial charge is 0.385 e. The van der Waals surface area contributed by atoms with E-state index in [-0.39, 0.29) is 11.9 Å². The number of alkyl halides is 21. The van der Waals surface area contributed by atoms with Gasteiger partial charge in [0.1, 0.15) is 0 Å². The van der Waals surface area contributed by atoms with Gasteiger partial charge in [-0.25, -0.2) is 0 Å². The third-order valence-electron chi connectivity index (χ3n) is 5.61. The molecule has 1 atom stereocenters. The van der Waals surface area contributed by atoms with Crippen molar-refractivity contribution in [1.29, 1.82) is 0 Å². The Balaban J connectivity index is 3.73. The molecule has 246 valence electrons. The van der Waals surface area contributed by atoms with Gasteiger partial charge in [-0.05, 0) is 24.6 Å². The SMILES string of the molecule is CC(O)(CC(F)(F)C(F)(F)C(F)(F)C(F)(F)C(F)(F)C(F)(F)C(F)(F)C(F)(F)C(F)(F)C(F)(F)F)c1ccc(Cl)cc1.